The molecule has 2 amide bonds. The first kappa shape index (κ1) is 16.4. The zero-order chi connectivity index (χ0) is 17.5. The van der Waals surface area contributed by atoms with Crippen molar-refractivity contribution in [3.05, 3.63) is 67.0 Å². The molecule has 2 aromatic heterocycles. The maximum atomic E-state index is 13.4. The highest BCUT2D eigenvalue weighted by Crippen LogP contribution is 2.12. The van der Waals surface area contributed by atoms with Crippen LogP contribution >= 0.6 is 0 Å². The molecule has 0 unspecified atom stereocenters. The Labute approximate surface area is 143 Å². The summed E-state index contributed by atoms with van der Waals surface area (Å²) in [5.41, 5.74) is 0.139. The van der Waals surface area contributed by atoms with E-state index < -0.39 is 11.8 Å². The molecule has 2 heterocycles. The van der Waals surface area contributed by atoms with E-state index in [1.54, 1.807) is 18.2 Å². The molecule has 3 aromatic rings. The van der Waals surface area contributed by atoms with Crippen LogP contribution in [0.3, 0.4) is 0 Å². The Bertz CT molecular complexity index is 837. The van der Waals surface area contributed by atoms with E-state index in [-0.39, 0.29) is 5.69 Å². The van der Waals surface area contributed by atoms with E-state index >= 15 is 0 Å². The Morgan fingerprint density at radius 2 is 1.88 bits per heavy atom. The van der Waals surface area contributed by atoms with Crippen LogP contribution in [0, 0.1) is 5.82 Å². The van der Waals surface area contributed by atoms with Crippen molar-refractivity contribution in [3.8, 4) is 5.82 Å². The summed E-state index contributed by atoms with van der Waals surface area (Å²) >= 11 is 0. The molecule has 3 N–H and O–H groups in total. The Balaban J connectivity index is 1.45. The van der Waals surface area contributed by atoms with Crippen LogP contribution in [0.4, 0.5) is 20.7 Å². The number of aromatic nitrogens is 3. The van der Waals surface area contributed by atoms with Crippen LogP contribution in [0.15, 0.2) is 61.2 Å². The predicted molar refractivity (Wildman–Crippen MR) is 93.3 cm³/mol. The number of benzene rings is 1. The van der Waals surface area contributed by atoms with Gasteiger partial charge in [-0.15, -0.1) is 0 Å². The fourth-order valence-electron chi connectivity index (χ4n) is 2.17. The SMILES string of the molecule is O=C(NCCNc1cc(-n2cccc2)ncn1)Nc1ccccc1F. The normalized spacial score (nSPS) is 10.3. The van der Waals surface area contributed by atoms with Crippen molar-refractivity contribution in [1.82, 2.24) is 19.9 Å². The van der Waals surface area contributed by atoms with E-state index in [0.29, 0.717) is 18.9 Å². The van der Waals surface area contributed by atoms with Gasteiger partial charge in [0.1, 0.15) is 23.8 Å². The van der Waals surface area contributed by atoms with Crippen LogP contribution in [0.1, 0.15) is 0 Å². The number of urea groups is 1. The number of nitrogens with one attached hydrogen (secondary N) is 3. The number of anilines is 2. The molecule has 25 heavy (non-hydrogen) atoms. The average Bonchev–Trinajstić information content (AvgIpc) is 3.16. The lowest BCUT2D eigenvalue weighted by molar-refractivity contribution is 0.252. The monoisotopic (exact) mass is 340 g/mol. The molecule has 3 rings (SSSR count). The van der Waals surface area contributed by atoms with Gasteiger partial charge in [-0.3, -0.25) is 0 Å². The summed E-state index contributed by atoms with van der Waals surface area (Å²) in [4.78, 5) is 20.1. The van der Waals surface area contributed by atoms with E-state index in [1.807, 2.05) is 29.1 Å². The molecule has 1 aromatic carbocycles. The van der Waals surface area contributed by atoms with E-state index in [4.69, 9.17) is 0 Å². The number of halogens is 1. The minimum Gasteiger partial charge on any atom is -0.368 e. The number of carbonyl (C=O) groups is 1. The molecule has 0 aliphatic carbocycles. The number of para-hydroxylation sites is 1. The number of rotatable bonds is 6. The second kappa shape index (κ2) is 7.91. The summed E-state index contributed by atoms with van der Waals surface area (Å²) < 4.78 is 15.3. The van der Waals surface area contributed by atoms with Gasteiger partial charge in [-0.2, -0.15) is 0 Å². The minimum absolute atomic E-state index is 0.139. The van der Waals surface area contributed by atoms with Gasteiger partial charge in [-0.05, 0) is 24.3 Å². The lowest BCUT2D eigenvalue weighted by Crippen LogP contribution is -2.33. The summed E-state index contributed by atoms with van der Waals surface area (Å²) in [5, 5.41) is 8.19. The van der Waals surface area contributed by atoms with E-state index in [0.717, 1.165) is 5.82 Å². The van der Waals surface area contributed by atoms with Gasteiger partial charge >= 0.3 is 6.03 Å². The van der Waals surface area contributed by atoms with Crippen molar-refractivity contribution in [2.75, 3.05) is 23.7 Å². The Hall–Kier alpha value is -3.42. The second-order valence-electron chi connectivity index (χ2n) is 5.14. The molecule has 8 heteroatoms. The summed E-state index contributed by atoms with van der Waals surface area (Å²) in [5.74, 6) is 0.914. The lowest BCUT2D eigenvalue weighted by atomic mass is 10.3. The third-order valence-electron chi connectivity index (χ3n) is 3.36. The Morgan fingerprint density at radius 3 is 2.68 bits per heavy atom. The molecule has 0 saturated heterocycles. The fourth-order valence-corrected chi connectivity index (χ4v) is 2.17. The Kier molecular flexibility index (Phi) is 5.20. The fraction of sp³-hybridized carbons (Fsp3) is 0.118. The predicted octanol–water partition coefficient (Wildman–Crippen LogP) is 2.64. The van der Waals surface area contributed by atoms with Crippen LogP contribution in [-0.2, 0) is 0 Å². The molecule has 0 aliphatic rings. The summed E-state index contributed by atoms with van der Waals surface area (Å²) in [6.07, 6.45) is 5.25. The molecular weight excluding hydrogens is 323 g/mol. The number of amides is 2. The van der Waals surface area contributed by atoms with Gasteiger partial charge in [-0.1, -0.05) is 12.1 Å². The van der Waals surface area contributed by atoms with Crippen LogP contribution in [0.25, 0.3) is 5.82 Å². The first-order chi connectivity index (χ1) is 12.2. The van der Waals surface area contributed by atoms with Gasteiger partial charge in [0.2, 0.25) is 0 Å². The van der Waals surface area contributed by atoms with E-state index in [2.05, 4.69) is 25.9 Å². The van der Waals surface area contributed by atoms with Crippen molar-refractivity contribution in [2.24, 2.45) is 0 Å². The van der Waals surface area contributed by atoms with Crippen molar-refractivity contribution in [1.29, 1.82) is 0 Å². The summed E-state index contributed by atoms with van der Waals surface area (Å²) in [7, 11) is 0. The van der Waals surface area contributed by atoms with Crippen molar-refractivity contribution >= 4 is 17.5 Å². The van der Waals surface area contributed by atoms with Gasteiger partial charge in [0.05, 0.1) is 5.69 Å². The van der Waals surface area contributed by atoms with Gasteiger partial charge in [-0.25, -0.2) is 19.2 Å². The highest BCUT2D eigenvalue weighted by atomic mass is 19.1. The largest absolute Gasteiger partial charge is 0.368 e. The first-order valence-corrected chi connectivity index (χ1v) is 7.71. The third-order valence-corrected chi connectivity index (χ3v) is 3.36. The van der Waals surface area contributed by atoms with Crippen molar-refractivity contribution in [2.45, 2.75) is 0 Å². The van der Waals surface area contributed by atoms with E-state index in [9.17, 15) is 9.18 Å². The molecule has 0 bridgehead atoms. The van der Waals surface area contributed by atoms with Crippen LogP contribution in [-0.4, -0.2) is 33.7 Å². The quantitative estimate of drug-likeness (QED) is 0.602. The van der Waals surface area contributed by atoms with Crippen LogP contribution in [0.5, 0.6) is 0 Å². The van der Waals surface area contributed by atoms with Crippen molar-refractivity contribution < 1.29 is 9.18 Å². The van der Waals surface area contributed by atoms with Gasteiger partial charge in [0.25, 0.3) is 0 Å². The number of nitrogens with zero attached hydrogens (tertiary/aromatic N) is 3. The smallest absolute Gasteiger partial charge is 0.319 e. The zero-order valence-electron chi connectivity index (χ0n) is 13.3. The molecular formula is C17H17FN6O. The Morgan fingerprint density at radius 1 is 1.08 bits per heavy atom. The first-order valence-electron chi connectivity index (χ1n) is 7.71. The molecule has 0 saturated carbocycles. The minimum atomic E-state index is -0.477. The number of hydrogen-bond donors (Lipinski definition) is 3. The summed E-state index contributed by atoms with van der Waals surface area (Å²) in [6.45, 7) is 0.815. The highest BCUT2D eigenvalue weighted by Gasteiger charge is 2.05. The standard InChI is InChI=1S/C17H17FN6O/c18-13-5-1-2-6-14(13)23-17(25)20-8-7-19-15-11-16(22-12-21-15)24-9-3-4-10-24/h1-6,9-12H,7-8H2,(H,19,21,22)(H2,20,23,25). The zero-order valence-corrected chi connectivity index (χ0v) is 13.3. The number of carbonyl (C=O) groups excluding carboxylic acids is 1. The molecule has 7 nitrogen and oxygen atoms in total. The van der Waals surface area contributed by atoms with Gasteiger partial charge in [0, 0.05) is 31.5 Å². The molecule has 0 spiro atoms. The topological polar surface area (TPSA) is 83.9 Å². The maximum Gasteiger partial charge on any atom is 0.319 e. The molecule has 0 atom stereocenters. The van der Waals surface area contributed by atoms with Crippen LogP contribution in [0.2, 0.25) is 0 Å². The van der Waals surface area contributed by atoms with Gasteiger partial charge < -0.3 is 20.5 Å². The molecule has 0 aliphatic heterocycles. The van der Waals surface area contributed by atoms with Gasteiger partial charge in [0.15, 0.2) is 0 Å². The van der Waals surface area contributed by atoms with Crippen LogP contribution < -0.4 is 16.0 Å². The molecule has 0 radical (unpaired) electrons. The lowest BCUT2D eigenvalue weighted by Gasteiger charge is -2.10. The van der Waals surface area contributed by atoms with Crippen molar-refractivity contribution in [3.63, 3.8) is 0 Å². The average molecular weight is 340 g/mol. The second-order valence-corrected chi connectivity index (χ2v) is 5.14. The molecule has 128 valence electrons. The molecule has 0 fully saturated rings. The number of hydrogen-bond acceptors (Lipinski definition) is 4. The highest BCUT2D eigenvalue weighted by molar-refractivity contribution is 5.89. The van der Waals surface area contributed by atoms with E-state index in [1.165, 1.54) is 18.5 Å². The summed E-state index contributed by atoms with van der Waals surface area (Å²) in [6, 6.07) is 11.2. The maximum absolute atomic E-state index is 13.4. The third kappa shape index (κ3) is 4.54.